The minimum Gasteiger partial charge on any atom is -0.494 e. The Morgan fingerprint density at radius 2 is 1.61 bits per heavy atom. The molecule has 0 radical (unpaired) electrons. The van der Waals surface area contributed by atoms with E-state index in [9.17, 15) is 42.4 Å². The first-order valence-electron chi connectivity index (χ1n) is 23.7. The Balaban J connectivity index is 0.857. The second-order valence-corrected chi connectivity index (χ2v) is 20.4. The van der Waals surface area contributed by atoms with Crippen molar-refractivity contribution in [2.75, 3.05) is 36.2 Å². The van der Waals surface area contributed by atoms with Gasteiger partial charge in [0.15, 0.2) is 5.11 Å². The minimum atomic E-state index is -4.80. The molecular formula is C52H60F3N7O7S2. The van der Waals surface area contributed by atoms with Gasteiger partial charge in [-0.25, -0.2) is 4.98 Å². The van der Waals surface area contributed by atoms with Gasteiger partial charge in [0.2, 0.25) is 17.6 Å². The molecule has 4 amide bonds. The highest BCUT2D eigenvalue weighted by Crippen LogP contribution is 2.40. The van der Waals surface area contributed by atoms with Crippen molar-refractivity contribution in [3.63, 3.8) is 0 Å². The van der Waals surface area contributed by atoms with Crippen LogP contribution in [-0.4, -0.2) is 88.4 Å². The number of carbonyl (C=O) groups excluding carboxylic acids is 5. The fraction of sp³-hybridized carbons (Fsp3) is 0.462. The van der Waals surface area contributed by atoms with Gasteiger partial charge in [-0.15, -0.1) is 11.3 Å². The lowest BCUT2D eigenvalue weighted by Gasteiger charge is -2.35. The van der Waals surface area contributed by atoms with Gasteiger partial charge in [0.25, 0.3) is 11.8 Å². The number of hydrogen-bond donors (Lipinski definition) is 2. The number of alkyl halides is 3. The van der Waals surface area contributed by atoms with Crippen molar-refractivity contribution in [1.29, 1.82) is 5.26 Å². The Morgan fingerprint density at radius 1 is 0.944 bits per heavy atom. The molecule has 2 aliphatic heterocycles. The average molecular weight is 1020 g/mol. The number of carbonyl (C=O) groups is 5. The second kappa shape index (κ2) is 23.3. The van der Waals surface area contributed by atoms with Crippen molar-refractivity contribution in [3.05, 3.63) is 94.6 Å². The van der Waals surface area contributed by atoms with Crippen LogP contribution in [0.25, 0.3) is 10.4 Å². The summed E-state index contributed by atoms with van der Waals surface area (Å²) in [6.07, 6.45) is -0.297. The summed E-state index contributed by atoms with van der Waals surface area (Å²) < 4.78 is 52.8. The number of nitrogens with zero attached hydrogens (tertiary/aromatic N) is 5. The van der Waals surface area contributed by atoms with Gasteiger partial charge in [0.05, 0.1) is 45.6 Å². The summed E-state index contributed by atoms with van der Waals surface area (Å²) in [4.78, 5) is 76.4. The predicted octanol–water partition coefficient (Wildman–Crippen LogP) is 9.07. The van der Waals surface area contributed by atoms with Gasteiger partial charge in [-0.1, -0.05) is 45.0 Å². The smallest absolute Gasteiger partial charge is 0.417 e. The number of amides is 4. The van der Waals surface area contributed by atoms with Gasteiger partial charge in [-0.3, -0.25) is 28.9 Å². The van der Waals surface area contributed by atoms with Gasteiger partial charge < -0.3 is 29.9 Å². The second-order valence-electron chi connectivity index (χ2n) is 19.2. The number of halogens is 3. The Bertz CT molecular complexity index is 2620. The predicted molar refractivity (Wildman–Crippen MR) is 269 cm³/mol. The number of anilines is 2. The van der Waals surface area contributed by atoms with Crippen molar-refractivity contribution < 1.29 is 46.6 Å². The van der Waals surface area contributed by atoms with Gasteiger partial charge in [0, 0.05) is 38.4 Å². The molecule has 0 bridgehead atoms. The molecule has 1 aromatic heterocycles. The summed E-state index contributed by atoms with van der Waals surface area (Å²) >= 11 is 7.20. The van der Waals surface area contributed by atoms with Gasteiger partial charge in [-0.2, -0.15) is 18.4 Å². The SMILES string of the molecule is Cc1ncsc1-c1ccc(CNC(=O)[C@@H]2CCCN2C(=O)C(NC(=O)C(=O)CCCCOCCCCCOc2ccc(N3C(=S)N(c4ccc(C#N)c(C(F)(F)F)c4)C(=O)C3(C)C)cc2)C(C)(C)C)cc1. The topological polar surface area (TPSA) is 174 Å². The highest BCUT2D eigenvalue weighted by molar-refractivity contribution is 7.81. The third-order valence-electron chi connectivity index (χ3n) is 12.5. The van der Waals surface area contributed by atoms with Crippen LogP contribution in [0.2, 0.25) is 0 Å². The largest absolute Gasteiger partial charge is 0.494 e. The van der Waals surface area contributed by atoms with E-state index in [4.69, 9.17) is 21.7 Å². The van der Waals surface area contributed by atoms with Crippen LogP contribution in [0.1, 0.15) is 108 Å². The molecule has 0 saturated carbocycles. The zero-order valence-corrected chi connectivity index (χ0v) is 42.5. The van der Waals surface area contributed by atoms with E-state index >= 15 is 0 Å². The van der Waals surface area contributed by atoms with E-state index < -0.39 is 63.8 Å². The van der Waals surface area contributed by atoms with Crippen LogP contribution in [0.5, 0.6) is 5.75 Å². The fourth-order valence-electron chi connectivity index (χ4n) is 8.52. The monoisotopic (exact) mass is 1020 g/mol. The molecule has 2 saturated heterocycles. The van der Waals surface area contributed by atoms with E-state index in [2.05, 4.69) is 15.6 Å². The van der Waals surface area contributed by atoms with Crippen molar-refractivity contribution in [2.24, 2.45) is 5.41 Å². The number of thiazole rings is 1. The zero-order chi connectivity index (χ0) is 51.7. The molecule has 2 atom stereocenters. The van der Waals surface area contributed by atoms with Gasteiger partial charge in [-0.05, 0) is 137 Å². The third kappa shape index (κ3) is 13.2. The first-order chi connectivity index (χ1) is 33.6. The van der Waals surface area contributed by atoms with Gasteiger partial charge >= 0.3 is 6.18 Å². The lowest BCUT2D eigenvalue weighted by Crippen LogP contribution is -2.58. The lowest BCUT2D eigenvalue weighted by atomic mass is 9.85. The van der Waals surface area contributed by atoms with Crippen LogP contribution in [-0.2, 0) is 41.4 Å². The Labute approximate surface area is 421 Å². The molecule has 19 heteroatoms. The minimum absolute atomic E-state index is 0.00160. The normalized spacial score (nSPS) is 16.2. The molecule has 3 heterocycles. The molecule has 4 aromatic rings. The van der Waals surface area contributed by atoms with E-state index in [0.29, 0.717) is 70.0 Å². The summed E-state index contributed by atoms with van der Waals surface area (Å²) in [5.74, 6) is -2.04. The Kier molecular flexibility index (Phi) is 17.8. The molecule has 2 aliphatic rings. The third-order valence-corrected chi connectivity index (χ3v) is 13.8. The molecule has 3 aromatic carbocycles. The van der Waals surface area contributed by atoms with E-state index in [1.54, 1.807) is 60.4 Å². The summed E-state index contributed by atoms with van der Waals surface area (Å²) in [7, 11) is 0. The molecule has 0 aliphatic carbocycles. The highest BCUT2D eigenvalue weighted by Gasteiger charge is 2.51. The number of ketones is 1. The summed E-state index contributed by atoms with van der Waals surface area (Å²) in [5.41, 5.74) is 1.55. The maximum atomic E-state index is 13.9. The van der Waals surface area contributed by atoms with Crippen LogP contribution in [0.4, 0.5) is 24.5 Å². The lowest BCUT2D eigenvalue weighted by molar-refractivity contribution is -0.146. The van der Waals surface area contributed by atoms with Crippen LogP contribution in [0, 0.1) is 23.7 Å². The molecule has 2 N–H and O–H groups in total. The molecule has 14 nitrogen and oxygen atoms in total. The van der Waals surface area contributed by atoms with Crippen molar-refractivity contribution in [1.82, 2.24) is 20.5 Å². The molecule has 378 valence electrons. The van der Waals surface area contributed by atoms with E-state index in [1.807, 2.05) is 57.5 Å². The van der Waals surface area contributed by atoms with E-state index in [0.717, 1.165) is 58.0 Å². The fourth-order valence-corrected chi connectivity index (χ4v) is 9.85. The molecule has 71 heavy (non-hydrogen) atoms. The van der Waals surface area contributed by atoms with Crippen LogP contribution in [0.15, 0.2) is 72.2 Å². The van der Waals surface area contributed by atoms with Crippen molar-refractivity contribution in [2.45, 2.75) is 123 Å². The molecular weight excluding hydrogens is 956 g/mol. The molecule has 2 fully saturated rings. The number of nitrogens with one attached hydrogen (secondary N) is 2. The first-order valence-corrected chi connectivity index (χ1v) is 24.9. The summed E-state index contributed by atoms with van der Waals surface area (Å²) in [6, 6.07) is 17.7. The van der Waals surface area contributed by atoms with Crippen LogP contribution < -0.4 is 25.2 Å². The summed E-state index contributed by atoms with van der Waals surface area (Å²) in [6.45, 7) is 12.7. The van der Waals surface area contributed by atoms with Crippen LogP contribution >= 0.6 is 23.6 Å². The maximum Gasteiger partial charge on any atom is 0.417 e. The zero-order valence-electron chi connectivity index (χ0n) is 40.8. The number of likely N-dealkylation sites (tertiary alicyclic amines) is 1. The molecule has 6 rings (SSSR count). The Hall–Kier alpha value is -6.23. The highest BCUT2D eigenvalue weighted by atomic mass is 32.1. The first kappa shape index (κ1) is 54.1. The number of ether oxygens (including phenoxy) is 2. The Morgan fingerprint density at radius 3 is 2.24 bits per heavy atom. The number of benzene rings is 3. The van der Waals surface area contributed by atoms with Crippen molar-refractivity contribution >= 4 is 69.5 Å². The number of nitriles is 1. The number of unbranched alkanes of at least 4 members (excludes halogenated alkanes) is 3. The van der Waals surface area contributed by atoms with Crippen molar-refractivity contribution in [3.8, 4) is 22.3 Å². The molecule has 0 spiro atoms. The maximum absolute atomic E-state index is 13.9. The standard InChI is InChI=1S/C52H60F3N7O7S2/c1-33-43(71-32-58-33)35-17-15-34(16-18-35)31-57-45(64)41-13-12-25-60(41)47(66)44(50(2,3)4)59-46(65)42(63)14-8-11-27-68-26-9-7-10-28-69-39-23-21-37(22-24-39)62-49(70)61(48(67)51(62,5)6)38-20-19-36(30-56)40(29-38)52(53,54)55/h15-24,29,32,41,44H,7-14,25-28,31H2,1-6H3,(H,57,64)(H,59,65)/t41-,44?/m0/s1. The van der Waals surface area contributed by atoms with E-state index in [1.165, 1.54) is 11.0 Å². The quantitative estimate of drug-likeness (QED) is 0.0463. The summed E-state index contributed by atoms with van der Waals surface area (Å²) in [5, 5.41) is 14.9. The number of Topliss-reactive ketones (excluding diaryl/α,β-unsaturated/α-hetero) is 1. The molecule has 1 unspecified atom stereocenters. The number of aromatic nitrogens is 1. The number of rotatable bonds is 21. The van der Waals surface area contributed by atoms with Crippen LogP contribution in [0.3, 0.4) is 0 Å². The number of hydrogen-bond acceptors (Lipinski definition) is 11. The number of aryl methyl sites for hydroxylation is 1. The van der Waals surface area contributed by atoms with Gasteiger partial charge in [0.1, 0.15) is 23.4 Å². The number of thiocarbonyl (C=S) groups is 1. The average Bonchev–Trinajstić information content (AvgIpc) is 4.04. The van der Waals surface area contributed by atoms with E-state index in [-0.39, 0.29) is 23.1 Å².